The maximum absolute atomic E-state index is 13.0. The Bertz CT molecular complexity index is 705. The van der Waals surface area contributed by atoms with Gasteiger partial charge in [-0.3, -0.25) is 14.5 Å². The summed E-state index contributed by atoms with van der Waals surface area (Å²) in [7, 11) is 0. The lowest BCUT2D eigenvalue weighted by molar-refractivity contribution is -0.123. The van der Waals surface area contributed by atoms with Gasteiger partial charge in [-0.25, -0.2) is 9.69 Å². The van der Waals surface area contributed by atoms with Gasteiger partial charge in [0.15, 0.2) is 0 Å². The first kappa shape index (κ1) is 18.4. The van der Waals surface area contributed by atoms with Gasteiger partial charge in [0.25, 0.3) is 5.91 Å². The van der Waals surface area contributed by atoms with Gasteiger partial charge >= 0.3 is 6.09 Å². The molecule has 26 heavy (non-hydrogen) atoms. The lowest BCUT2D eigenvalue weighted by atomic mass is 10.1. The van der Waals surface area contributed by atoms with Crippen LogP contribution >= 0.6 is 0 Å². The molecule has 3 rings (SSSR count). The largest absolute Gasteiger partial charge is 0.450 e. The zero-order chi connectivity index (χ0) is 18.8. The fourth-order valence-corrected chi connectivity index (χ4v) is 3.73. The quantitative estimate of drug-likeness (QED) is 0.769. The van der Waals surface area contributed by atoms with E-state index in [0.717, 1.165) is 11.1 Å². The molecule has 1 aromatic carbocycles. The first-order valence-electron chi connectivity index (χ1n) is 9.02. The first-order valence-corrected chi connectivity index (χ1v) is 9.02. The Morgan fingerprint density at radius 3 is 2.31 bits per heavy atom. The second kappa shape index (κ2) is 7.45. The van der Waals surface area contributed by atoms with Crippen LogP contribution in [0.3, 0.4) is 0 Å². The molecule has 2 fully saturated rings. The summed E-state index contributed by atoms with van der Waals surface area (Å²) in [4.78, 5) is 42.4. The molecule has 0 spiro atoms. The van der Waals surface area contributed by atoms with Gasteiger partial charge in [0, 0.05) is 26.2 Å². The molecule has 0 aliphatic carbocycles. The number of piperazine rings is 1. The standard InChI is InChI=1S/C19H25N3O4/c1-4-26-19(25)21-10-8-20(9-11-21)15-12-16(23)22(18(15)24)17-13(2)6-5-7-14(17)3/h5-7,15H,4,8-12H2,1-3H3/t15-/m0/s1. The Labute approximate surface area is 153 Å². The fraction of sp³-hybridized carbons (Fsp3) is 0.526. The highest BCUT2D eigenvalue weighted by atomic mass is 16.6. The number of anilines is 1. The monoisotopic (exact) mass is 359 g/mol. The van der Waals surface area contributed by atoms with E-state index in [1.54, 1.807) is 11.8 Å². The number of hydrogen-bond donors (Lipinski definition) is 0. The average molecular weight is 359 g/mol. The third-order valence-electron chi connectivity index (χ3n) is 5.07. The van der Waals surface area contributed by atoms with Crippen molar-refractivity contribution in [3.8, 4) is 0 Å². The number of para-hydroxylation sites is 1. The number of ether oxygens (including phenoxy) is 1. The molecule has 3 amide bonds. The van der Waals surface area contributed by atoms with Crippen LogP contribution in [0.5, 0.6) is 0 Å². The van der Waals surface area contributed by atoms with Crippen molar-refractivity contribution in [3.05, 3.63) is 29.3 Å². The number of carbonyl (C=O) groups is 3. The fourth-order valence-electron chi connectivity index (χ4n) is 3.73. The molecule has 0 bridgehead atoms. The van der Waals surface area contributed by atoms with E-state index < -0.39 is 6.04 Å². The van der Waals surface area contributed by atoms with E-state index in [9.17, 15) is 14.4 Å². The molecule has 1 aromatic rings. The summed E-state index contributed by atoms with van der Waals surface area (Å²) in [6, 6.07) is 5.29. The SMILES string of the molecule is CCOC(=O)N1CCN([C@H]2CC(=O)N(c3c(C)cccc3C)C2=O)CC1. The Balaban J connectivity index is 1.71. The second-order valence-electron chi connectivity index (χ2n) is 6.75. The van der Waals surface area contributed by atoms with Crippen LogP contribution in [0.2, 0.25) is 0 Å². The zero-order valence-corrected chi connectivity index (χ0v) is 15.5. The van der Waals surface area contributed by atoms with Crippen molar-refractivity contribution in [1.29, 1.82) is 0 Å². The number of imide groups is 1. The number of nitrogens with zero attached hydrogens (tertiary/aromatic N) is 3. The summed E-state index contributed by atoms with van der Waals surface area (Å²) in [6.45, 7) is 8.06. The predicted molar refractivity (Wildman–Crippen MR) is 97.0 cm³/mol. The Kier molecular flexibility index (Phi) is 5.27. The van der Waals surface area contributed by atoms with Gasteiger partial charge in [0.1, 0.15) is 0 Å². The van der Waals surface area contributed by atoms with Crippen LogP contribution in [-0.2, 0) is 14.3 Å². The average Bonchev–Trinajstić information content (AvgIpc) is 2.90. The molecule has 0 saturated carbocycles. The Hall–Kier alpha value is -2.41. The number of benzene rings is 1. The molecule has 0 aromatic heterocycles. The molecule has 2 aliphatic heterocycles. The van der Waals surface area contributed by atoms with E-state index >= 15 is 0 Å². The van der Waals surface area contributed by atoms with Crippen LogP contribution in [0.15, 0.2) is 18.2 Å². The molecule has 2 aliphatic rings. The Morgan fingerprint density at radius 2 is 1.73 bits per heavy atom. The van der Waals surface area contributed by atoms with Gasteiger partial charge in [0.05, 0.1) is 24.8 Å². The highest BCUT2D eigenvalue weighted by molar-refractivity contribution is 6.23. The van der Waals surface area contributed by atoms with Crippen LogP contribution in [0.4, 0.5) is 10.5 Å². The summed E-state index contributed by atoms with van der Waals surface area (Å²) in [5.41, 5.74) is 2.54. The minimum absolute atomic E-state index is 0.162. The van der Waals surface area contributed by atoms with Gasteiger partial charge < -0.3 is 9.64 Å². The molecule has 7 heteroatoms. The molecule has 2 saturated heterocycles. The highest BCUT2D eigenvalue weighted by Gasteiger charge is 2.44. The summed E-state index contributed by atoms with van der Waals surface area (Å²) < 4.78 is 5.02. The number of hydrogen-bond acceptors (Lipinski definition) is 5. The second-order valence-corrected chi connectivity index (χ2v) is 6.75. The smallest absolute Gasteiger partial charge is 0.409 e. The molecule has 1 atom stereocenters. The van der Waals surface area contributed by atoms with Crippen LogP contribution in [0.25, 0.3) is 0 Å². The van der Waals surface area contributed by atoms with Gasteiger partial charge in [-0.2, -0.15) is 0 Å². The molecular formula is C19H25N3O4. The predicted octanol–water partition coefficient (Wildman–Crippen LogP) is 1.71. The number of amides is 3. The van der Waals surface area contributed by atoms with Crippen molar-refractivity contribution >= 4 is 23.6 Å². The number of rotatable bonds is 3. The minimum Gasteiger partial charge on any atom is -0.450 e. The van der Waals surface area contributed by atoms with Crippen molar-refractivity contribution in [1.82, 2.24) is 9.80 Å². The van der Waals surface area contributed by atoms with Gasteiger partial charge in [-0.1, -0.05) is 18.2 Å². The molecule has 2 heterocycles. The van der Waals surface area contributed by atoms with Gasteiger partial charge in [-0.05, 0) is 31.9 Å². The number of carbonyl (C=O) groups excluding carboxylic acids is 3. The van der Waals surface area contributed by atoms with Crippen molar-refractivity contribution in [2.45, 2.75) is 33.2 Å². The maximum atomic E-state index is 13.0. The van der Waals surface area contributed by atoms with E-state index in [-0.39, 0.29) is 24.3 Å². The van der Waals surface area contributed by atoms with E-state index in [1.807, 2.05) is 36.9 Å². The maximum Gasteiger partial charge on any atom is 0.409 e. The van der Waals surface area contributed by atoms with E-state index in [2.05, 4.69) is 0 Å². The van der Waals surface area contributed by atoms with Crippen molar-refractivity contribution < 1.29 is 19.1 Å². The normalized spacial score (nSPS) is 21.4. The molecule has 0 unspecified atom stereocenters. The third kappa shape index (κ3) is 3.31. The van der Waals surface area contributed by atoms with Crippen molar-refractivity contribution in [3.63, 3.8) is 0 Å². The van der Waals surface area contributed by atoms with E-state index in [1.165, 1.54) is 4.90 Å². The first-order chi connectivity index (χ1) is 12.4. The van der Waals surface area contributed by atoms with E-state index in [0.29, 0.717) is 38.5 Å². The Morgan fingerprint density at radius 1 is 1.12 bits per heavy atom. The lowest BCUT2D eigenvalue weighted by Crippen LogP contribution is -2.54. The topological polar surface area (TPSA) is 70.2 Å². The van der Waals surface area contributed by atoms with Crippen LogP contribution in [-0.4, -0.2) is 66.5 Å². The van der Waals surface area contributed by atoms with E-state index in [4.69, 9.17) is 4.74 Å². The molecule has 0 N–H and O–H groups in total. The van der Waals surface area contributed by atoms with Gasteiger partial charge in [0.2, 0.25) is 5.91 Å². The minimum atomic E-state index is -0.453. The van der Waals surface area contributed by atoms with Crippen molar-refractivity contribution in [2.24, 2.45) is 0 Å². The zero-order valence-electron chi connectivity index (χ0n) is 15.5. The van der Waals surface area contributed by atoms with Crippen LogP contribution < -0.4 is 4.90 Å². The van der Waals surface area contributed by atoms with Crippen LogP contribution in [0, 0.1) is 13.8 Å². The molecular weight excluding hydrogens is 334 g/mol. The lowest BCUT2D eigenvalue weighted by Gasteiger charge is -2.36. The van der Waals surface area contributed by atoms with Gasteiger partial charge in [-0.15, -0.1) is 0 Å². The molecule has 7 nitrogen and oxygen atoms in total. The molecule has 140 valence electrons. The third-order valence-corrected chi connectivity index (χ3v) is 5.07. The molecule has 0 radical (unpaired) electrons. The summed E-state index contributed by atoms with van der Waals surface area (Å²) in [6.07, 6.45) is -0.135. The van der Waals surface area contributed by atoms with Crippen molar-refractivity contribution in [2.75, 3.05) is 37.7 Å². The highest BCUT2D eigenvalue weighted by Crippen LogP contribution is 2.31. The summed E-state index contributed by atoms with van der Waals surface area (Å²) >= 11 is 0. The summed E-state index contributed by atoms with van der Waals surface area (Å²) in [5, 5.41) is 0. The summed E-state index contributed by atoms with van der Waals surface area (Å²) in [5.74, 6) is -0.331. The number of aryl methyl sites for hydroxylation is 2. The van der Waals surface area contributed by atoms with Crippen LogP contribution in [0.1, 0.15) is 24.5 Å².